The number of urea groups is 1. The third-order valence-electron chi connectivity index (χ3n) is 3.10. The number of hydrogen-bond acceptors (Lipinski definition) is 5. The molecule has 2 N–H and O–H groups in total. The molecule has 0 saturated heterocycles. The zero-order valence-electron chi connectivity index (χ0n) is 12.3. The van der Waals surface area contributed by atoms with Gasteiger partial charge >= 0.3 is 6.03 Å². The summed E-state index contributed by atoms with van der Waals surface area (Å²) >= 11 is 1.57. The summed E-state index contributed by atoms with van der Waals surface area (Å²) in [5.74, 6) is 0. The second-order valence-electron chi connectivity index (χ2n) is 4.79. The summed E-state index contributed by atoms with van der Waals surface area (Å²) in [4.78, 5) is 16.3. The minimum atomic E-state index is -0.223. The second-order valence-corrected chi connectivity index (χ2v) is 5.64. The topological polar surface area (TPSA) is 84.7 Å². The number of hydrogen-bond donors (Lipinski definition) is 2. The predicted molar refractivity (Wildman–Crippen MR) is 87.8 cm³/mol. The molecule has 0 aliphatic rings. The van der Waals surface area contributed by atoms with Crippen LogP contribution in [0.4, 0.5) is 4.79 Å². The Balaban J connectivity index is 1.43. The van der Waals surface area contributed by atoms with E-state index in [1.165, 1.54) is 0 Å². The Labute approximate surface area is 137 Å². The van der Waals surface area contributed by atoms with E-state index in [-0.39, 0.29) is 6.03 Å². The van der Waals surface area contributed by atoms with E-state index < -0.39 is 0 Å². The number of benzene rings is 1. The maximum Gasteiger partial charge on any atom is 0.315 e. The number of carbonyl (C=O) groups is 1. The molecule has 3 rings (SSSR count). The number of nitrogens with zero attached hydrogens (tertiary/aromatic N) is 4. The van der Waals surface area contributed by atoms with Crippen molar-refractivity contribution in [1.82, 2.24) is 30.6 Å². The number of nitrogens with one attached hydrogen (secondary N) is 2. The molecule has 7 nitrogen and oxygen atoms in total. The summed E-state index contributed by atoms with van der Waals surface area (Å²) in [7, 11) is 0. The standard InChI is InChI=1S/C15H16N6OS/c22-15(16-6-8-21-9-7-18-20-21)17-10-13-11-23-14(19-13)12-4-2-1-3-5-12/h1-5,7,9,11H,6,8,10H2,(H2,16,17,22). The van der Waals surface area contributed by atoms with E-state index >= 15 is 0 Å². The van der Waals surface area contributed by atoms with Gasteiger partial charge < -0.3 is 10.6 Å². The van der Waals surface area contributed by atoms with E-state index in [0.29, 0.717) is 19.6 Å². The van der Waals surface area contributed by atoms with Crippen LogP contribution in [0, 0.1) is 0 Å². The van der Waals surface area contributed by atoms with Crippen LogP contribution in [0.5, 0.6) is 0 Å². The van der Waals surface area contributed by atoms with Gasteiger partial charge in [-0.2, -0.15) is 0 Å². The molecule has 23 heavy (non-hydrogen) atoms. The summed E-state index contributed by atoms with van der Waals surface area (Å²) in [6, 6.07) is 9.76. The molecule has 0 bridgehead atoms. The van der Waals surface area contributed by atoms with E-state index in [1.807, 2.05) is 35.7 Å². The Kier molecular flexibility index (Phi) is 4.95. The van der Waals surface area contributed by atoms with Crippen molar-refractivity contribution in [3.05, 3.63) is 53.8 Å². The van der Waals surface area contributed by atoms with Crippen LogP contribution < -0.4 is 10.6 Å². The highest BCUT2D eigenvalue weighted by molar-refractivity contribution is 7.13. The fraction of sp³-hybridized carbons (Fsp3) is 0.200. The normalized spacial score (nSPS) is 10.4. The molecular weight excluding hydrogens is 312 g/mol. The Morgan fingerprint density at radius 2 is 2.09 bits per heavy atom. The molecule has 0 atom stereocenters. The molecule has 0 fully saturated rings. The highest BCUT2D eigenvalue weighted by Gasteiger charge is 2.06. The lowest BCUT2D eigenvalue weighted by Gasteiger charge is -2.06. The van der Waals surface area contributed by atoms with Crippen molar-refractivity contribution in [1.29, 1.82) is 0 Å². The highest BCUT2D eigenvalue weighted by Crippen LogP contribution is 2.22. The van der Waals surface area contributed by atoms with E-state index in [0.717, 1.165) is 16.3 Å². The summed E-state index contributed by atoms with van der Waals surface area (Å²) in [6.07, 6.45) is 3.35. The Hall–Kier alpha value is -2.74. The van der Waals surface area contributed by atoms with Gasteiger partial charge in [0.2, 0.25) is 0 Å². The van der Waals surface area contributed by atoms with Gasteiger partial charge in [-0.25, -0.2) is 9.78 Å². The maximum absolute atomic E-state index is 11.7. The van der Waals surface area contributed by atoms with Crippen molar-refractivity contribution >= 4 is 17.4 Å². The predicted octanol–water partition coefficient (Wildman–Crippen LogP) is 1.90. The van der Waals surface area contributed by atoms with Crippen molar-refractivity contribution in [2.75, 3.05) is 6.54 Å². The highest BCUT2D eigenvalue weighted by atomic mass is 32.1. The van der Waals surface area contributed by atoms with Gasteiger partial charge in [-0.3, -0.25) is 4.68 Å². The average Bonchev–Trinajstić information content (AvgIpc) is 3.25. The first-order chi connectivity index (χ1) is 11.3. The fourth-order valence-corrected chi connectivity index (χ4v) is 2.80. The van der Waals surface area contributed by atoms with Crippen LogP contribution in [0.15, 0.2) is 48.1 Å². The summed E-state index contributed by atoms with van der Waals surface area (Å²) < 4.78 is 1.66. The van der Waals surface area contributed by atoms with Gasteiger partial charge in [0.05, 0.1) is 25.0 Å². The monoisotopic (exact) mass is 328 g/mol. The lowest BCUT2D eigenvalue weighted by Crippen LogP contribution is -2.36. The van der Waals surface area contributed by atoms with Crippen molar-refractivity contribution in [2.24, 2.45) is 0 Å². The SMILES string of the molecule is O=C(NCCn1ccnn1)NCc1csc(-c2ccccc2)n1. The fourth-order valence-electron chi connectivity index (χ4n) is 1.97. The van der Waals surface area contributed by atoms with Gasteiger partial charge in [-0.05, 0) is 0 Å². The van der Waals surface area contributed by atoms with Crippen LogP contribution in [0.3, 0.4) is 0 Å². The molecule has 2 amide bonds. The molecule has 0 spiro atoms. The molecule has 118 valence electrons. The molecule has 0 unspecified atom stereocenters. The molecule has 1 aromatic carbocycles. The maximum atomic E-state index is 11.7. The van der Waals surface area contributed by atoms with Crippen molar-refractivity contribution < 1.29 is 4.79 Å². The minimum absolute atomic E-state index is 0.223. The lowest BCUT2D eigenvalue weighted by atomic mass is 10.2. The Morgan fingerprint density at radius 1 is 1.22 bits per heavy atom. The van der Waals surface area contributed by atoms with Gasteiger partial charge in [0, 0.05) is 23.7 Å². The van der Waals surface area contributed by atoms with Crippen LogP contribution in [0.1, 0.15) is 5.69 Å². The zero-order valence-corrected chi connectivity index (χ0v) is 13.2. The minimum Gasteiger partial charge on any atom is -0.336 e. The largest absolute Gasteiger partial charge is 0.336 e. The molecular formula is C15H16N6OS. The number of amides is 2. The average molecular weight is 328 g/mol. The van der Waals surface area contributed by atoms with Crippen LogP contribution in [0.2, 0.25) is 0 Å². The number of aromatic nitrogens is 4. The summed E-state index contributed by atoms with van der Waals surface area (Å²) in [5, 5.41) is 16.0. The van der Waals surface area contributed by atoms with Crippen LogP contribution in [0.25, 0.3) is 10.6 Å². The second kappa shape index (κ2) is 7.50. The van der Waals surface area contributed by atoms with E-state index in [9.17, 15) is 4.79 Å². The first kappa shape index (κ1) is 15.2. The molecule has 8 heteroatoms. The smallest absolute Gasteiger partial charge is 0.315 e. The molecule has 2 heterocycles. The van der Waals surface area contributed by atoms with E-state index in [1.54, 1.807) is 28.4 Å². The molecule has 0 aliphatic heterocycles. The van der Waals surface area contributed by atoms with Crippen LogP contribution in [-0.4, -0.2) is 32.6 Å². The van der Waals surface area contributed by atoms with Crippen LogP contribution >= 0.6 is 11.3 Å². The zero-order chi connectivity index (χ0) is 15.9. The van der Waals surface area contributed by atoms with Crippen molar-refractivity contribution in [3.8, 4) is 10.6 Å². The molecule has 3 aromatic rings. The number of rotatable bonds is 6. The molecule has 0 saturated carbocycles. The Bertz CT molecular complexity index is 740. The van der Waals surface area contributed by atoms with Crippen molar-refractivity contribution in [3.63, 3.8) is 0 Å². The first-order valence-corrected chi connectivity index (χ1v) is 8.05. The molecule has 2 aromatic heterocycles. The summed E-state index contributed by atoms with van der Waals surface area (Å²) in [5.41, 5.74) is 1.93. The van der Waals surface area contributed by atoms with Gasteiger partial charge in [0.15, 0.2) is 0 Å². The van der Waals surface area contributed by atoms with Gasteiger partial charge in [-0.1, -0.05) is 35.5 Å². The van der Waals surface area contributed by atoms with Gasteiger partial charge in [-0.15, -0.1) is 16.4 Å². The Morgan fingerprint density at radius 3 is 2.87 bits per heavy atom. The molecule has 0 aliphatic carbocycles. The first-order valence-electron chi connectivity index (χ1n) is 7.17. The summed E-state index contributed by atoms with van der Waals surface area (Å²) in [6.45, 7) is 1.47. The van der Waals surface area contributed by atoms with Crippen molar-refractivity contribution in [2.45, 2.75) is 13.1 Å². The van der Waals surface area contributed by atoms with Gasteiger partial charge in [0.1, 0.15) is 5.01 Å². The van der Waals surface area contributed by atoms with E-state index in [2.05, 4.69) is 25.9 Å². The van der Waals surface area contributed by atoms with E-state index in [4.69, 9.17) is 0 Å². The third-order valence-corrected chi connectivity index (χ3v) is 4.04. The number of carbonyl (C=O) groups excluding carboxylic acids is 1. The number of thiazole rings is 1. The lowest BCUT2D eigenvalue weighted by molar-refractivity contribution is 0.240. The van der Waals surface area contributed by atoms with Gasteiger partial charge in [0.25, 0.3) is 0 Å². The van der Waals surface area contributed by atoms with Crippen LogP contribution in [-0.2, 0) is 13.1 Å². The quantitative estimate of drug-likeness (QED) is 0.724. The molecule has 0 radical (unpaired) electrons. The third kappa shape index (κ3) is 4.36.